The van der Waals surface area contributed by atoms with Gasteiger partial charge in [-0.15, -0.1) is 0 Å². The minimum atomic E-state index is -3.33. The van der Waals surface area contributed by atoms with Crippen molar-refractivity contribution in [3.8, 4) is 0 Å². The van der Waals surface area contributed by atoms with E-state index in [1.165, 1.54) is 0 Å². The Morgan fingerprint density at radius 1 is 1.47 bits per heavy atom. The first kappa shape index (κ1) is 12.5. The Balaban J connectivity index is 2.25. The molecule has 1 saturated heterocycles. The molecule has 0 saturated carbocycles. The molecule has 1 heterocycles. The summed E-state index contributed by atoms with van der Waals surface area (Å²) >= 11 is 0. The van der Waals surface area contributed by atoms with Crippen molar-refractivity contribution in [2.75, 3.05) is 19.6 Å². The molecule has 5 heteroatoms. The summed E-state index contributed by atoms with van der Waals surface area (Å²) in [5, 5.41) is 0. The third-order valence-corrected chi connectivity index (χ3v) is 5.07. The van der Waals surface area contributed by atoms with Gasteiger partial charge in [0.05, 0.1) is 4.90 Å². The zero-order valence-corrected chi connectivity index (χ0v) is 10.8. The summed E-state index contributed by atoms with van der Waals surface area (Å²) in [4.78, 5) is 0.384. The molecule has 0 radical (unpaired) electrons. The molecule has 2 N–H and O–H groups in total. The van der Waals surface area contributed by atoms with Crippen molar-refractivity contribution < 1.29 is 8.42 Å². The number of nitrogens with two attached hydrogens (primary N) is 1. The molecule has 2 rings (SSSR count). The molecule has 1 unspecified atom stereocenters. The van der Waals surface area contributed by atoms with Gasteiger partial charge in [-0.05, 0) is 43.5 Å². The zero-order chi connectivity index (χ0) is 12.5. The molecular weight excluding hydrogens is 236 g/mol. The Labute approximate surface area is 102 Å². The molecule has 4 nitrogen and oxygen atoms in total. The van der Waals surface area contributed by atoms with Crippen LogP contribution in [0, 0.1) is 12.8 Å². The van der Waals surface area contributed by atoms with Crippen LogP contribution in [-0.4, -0.2) is 32.4 Å². The third kappa shape index (κ3) is 2.51. The Morgan fingerprint density at radius 3 is 2.82 bits per heavy atom. The summed E-state index contributed by atoms with van der Waals surface area (Å²) < 4.78 is 26.2. The van der Waals surface area contributed by atoms with Gasteiger partial charge in [-0.25, -0.2) is 8.42 Å². The second kappa shape index (κ2) is 4.76. The average Bonchev–Trinajstić information content (AvgIpc) is 2.78. The molecule has 0 bridgehead atoms. The van der Waals surface area contributed by atoms with E-state index in [9.17, 15) is 8.42 Å². The van der Waals surface area contributed by atoms with E-state index < -0.39 is 10.0 Å². The number of aryl methyl sites for hydroxylation is 1. The molecule has 17 heavy (non-hydrogen) atoms. The van der Waals surface area contributed by atoms with Crippen molar-refractivity contribution in [1.82, 2.24) is 4.31 Å². The van der Waals surface area contributed by atoms with Gasteiger partial charge in [-0.3, -0.25) is 0 Å². The van der Waals surface area contributed by atoms with Gasteiger partial charge in [0.2, 0.25) is 10.0 Å². The fourth-order valence-electron chi connectivity index (χ4n) is 2.13. The highest BCUT2D eigenvalue weighted by Gasteiger charge is 2.31. The van der Waals surface area contributed by atoms with E-state index in [4.69, 9.17) is 5.73 Å². The summed E-state index contributed by atoms with van der Waals surface area (Å²) in [5.74, 6) is 0.301. The van der Waals surface area contributed by atoms with E-state index in [1.54, 1.807) is 22.5 Å². The lowest BCUT2D eigenvalue weighted by Gasteiger charge is -2.16. The normalized spacial score (nSPS) is 21.9. The van der Waals surface area contributed by atoms with Gasteiger partial charge in [0.25, 0.3) is 0 Å². The molecule has 1 aromatic carbocycles. The van der Waals surface area contributed by atoms with E-state index in [1.807, 2.05) is 13.0 Å². The molecular formula is C12H18N2O2S. The predicted octanol–water partition coefficient (Wildman–Crippen LogP) is 0.964. The number of hydrogen-bond donors (Lipinski definition) is 1. The van der Waals surface area contributed by atoms with E-state index in [-0.39, 0.29) is 0 Å². The molecule has 0 amide bonds. The number of nitrogens with zero attached hydrogens (tertiary/aromatic N) is 1. The topological polar surface area (TPSA) is 63.4 Å². The lowest BCUT2D eigenvalue weighted by Crippen LogP contribution is -2.30. The van der Waals surface area contributed by atoms with Crippen LogP contribution in [0.1, 0.15) is 12.0 Å². The van der Waals surface area contributed by atoms with Crippen LogP contribution in [0.2, 0.25) is 0 Å². The van der Waals surface area contributed by atoms with Crippen molar-refractivity contribution in [1.29, 1.82) is 0 Å². The molecule has 1 atom stereocenters. The summed E-state index contributed by atoms with van der Waals surface area (Å²) in [6.07, 6.45) is 0.863. The smallest absolute Gasteiger partial charge is 0.243 e. The van der Waals surface area contributed by atoms with Crippen LogP contribution in [0.4, 0.5) is 0 Å². The van der Waals surface area contributed by atoms with E-state index in [0.717, 1.165) is 12.0 Å². The highest BCUT2D eigenvalue weighted by Crippen LogP contribution is 2.24. The van der Waals surface area contributed by atoms with Gasteiger partial charge >= 0.3 is 0 Å². The molecule has 1 fully saturated rings. The molecule has 1 aromatic rings. The lowest BCUT2D eigenvalue weighted by atomic mass is 10.1. The highest BCUT2D eigenvalue weighted by molar-refractivity contribution is 7.89. The van der Waals surface area contributed by atoms with E-state index >= 15 is 0 Å². The Kier molecular flexibility index (Phi) is 3.51. The fourth-order valence-corrected chi connectivity index (χ4v) is 3.77. The standard InChI is InChI=1S/C12H18N2O2S/c1-10-3-2-4-12(7-10)17(15,16)14-6-5-11(8-13)9-14/h2-4,7,11H,5-6,8-9,13H2,1H3. The van der Waals surface area contributed by atoms with Crippen LogP contribution in [-0.2, 0) is 10.0 Å². The molecule has 1 aliphatic heterocycles. The second-order valence-electron chi connectivity index (χ2n) is 4.57. The average molecular weight is 254 g/mol. The van der Waals surface area contributed by atoms with Crippen molar-refractivity contribution in [2.45, 2.75) is 18.2 Å². The molecule has 0 spiro atoms. The Hall–Kier alpha value is -0.910. The van der Waals surface area contributed by atoms with Crippen LogP contribution < -0.4 is 5.73 Å². The number of rotatable bonds is 3. The van der Waals surface area contributed by atoms with Crippen molar-refractivity contribution in [3.05, 3.63) is 29.8 Å². The van der Waals surface area contributed by atoms with Gasteiger partial charge in [-0.2, -0.15) is 4.31 Å². The van der Waals surface area contributed by atoms with Crippen molar-refractivity contribution in [2.24, 2.45) is 11.7 Å². The first-order chi connectivity index (χ1) is 8.04. The first-order valence-corrected chi connectivity index (χ1v) is 7.25. The van der Waals surface area contributed by atoms with Crippen molar-refractivity contribution in [3.63, 3.8) is 0 Å². The minimum absolute atomic E-state index is 0.301. The van der Waals surface area contributed by atoms with Crippen LogP contribution in [0.3, 0.4) is 0 Å². The lowest BCUT2D eigenvalue weighted by molar-refractivity contribution is 0.459. The summed E-state index contributed by atoms with van der Waals surface area (Å²) in [7, 11) is -3.33. The quantitative estimate of drug-likeness (QED) is 0.874. The summed E-state index contributed by atoms with van der Waals surface area (Å²) in [6, 6.07) is 7.04. The van der Waals surface area contributed by atoms with Crippen LogP contribution in [0.15, 0.2) is 29.2 Å². The number of sulfonamides is 1. The van der Waals surface area contributed by atoms with Crippen LogP contribution >= 0.6 is 0 Å². The molecule has 0 aromatic heterocycles. The highest BCUT2D eigenvalue weighted by atomic mass is 32.2. The fraction of sp³-hybridized carbons (Fsp3) is 0.500. The summed E-state index contributed by atoms with van der Waals surface area (Å²) in [6.45, 7) is 3.58. The molecule has 94 valence electrons. The van der Waals surface area contributed by atoms with Crippen LogP contribution in [0.5, 0.6) is 0 Å². The van der Waals surface area contributed by atoms with Gasteiger partial charge in [0.15, 0.2) is 0 Å². The summed E-state index contributed by atoms with van der Waals surface area (Å²) in [5.41, 5.74) is 6.54. The van der Waals surface area contributed by atoms with E-state index in [0.29, 0.717) is 30.4 Å². The molecule has 0 aliphatic carbocycles. The predicted molar refractivity (Wildman–Crippen MR) is 67.1 cm³/mol. The monoisotopic (exact) mass is 254 g/mol. The number of hydrogen-bond acceptors (Lipinski definition) is 3. The molecule has 1 aliphatic rings. The maximum atomic E-state index is 12.3. The third-order valence-electron chi connectivity index (χ3n) is 3.21. The van der Waals surface area contributed by atoms with Gasteiger partial charge in [0.1, 0.15) is 0 Å². The maximum Gasteiger partial charge on any atom is 0.243 e. The van der Waals surface area contributed by atoms with Crippen molar-refractivity contribution >= 4 is 10.0 Å². The maximum absolute atomic E-state index is 12.3. The SMILES string of the molecule is Cc1cccc(S(=O)(=O)N2CCC(CN)C2)c1. The number of benzene rings is 1. The zero-order valence-electron chi connectivity index (χ0n) is 9.96. The van der Waals surface area contributed by atoms with Gasteiger partial charge in [-0.1, -0.05) is 12.1 Å². The minimum Gasteiger partial charge on any atom is -0.330 e. The first-order valence-electron chi connectivity index (χ1n) is 5.81. The largest absolute Gasteiger partial charge is 0.330 e. The van der Waals surface area contributed by atoms with E-state index in [2.05, 4.69) is 0 Å². The Bertz CT molecular complexity index is 499. The second-order valence-corrected chi connectivity index (χ2v) is 6.51. The van der Waals surface area contributed by atoms with Gasteiger partial charge < -0.3 is 5.73 Å². The Morgan fingerprint density at radius 2 is 2.24 bits per heavy atom. The van der Waals surface area contributed by atoms with Crippen LogP contribution in [0.25, 0.3) is 0 Å². The van der Waals surface area contributed by atoms with Gasteiger partial charge in [0, 0.05) is 13.1 Å².